The Hall–Kier alpha value is -2.29. The third kappa shape index (κ3) is 2.07. The van der Waals surface area contributed by atoms with Crippen LogP contribution in [-0.4, -0.2) is 15.2 Å². The lowest BCUT2D eigenvalue weighted by molar-refractivity contribution is 0.954. The number of rotatable bonds is 2. The molecule has 0 fully saturated rings. The maximum Gasteiger partial charge on any atom is 0.0753 e. The molecule has 0 unspecified atom stereocenters. The highest BCUT2D eigenvalue weighted by atomic mass is 15.1. The summed E-state index contributed by atoms with van der Waals surface area (Å²) >= 11 is 0. The molecule has 0 N–H and O–H groups in total. The number of nitrogens with zero attached hydrogens (tertiary/aromatic N) is 3. The molecule has 3 heteroatoms. The van der Waals surface area contributed by atoms with E-state index in [1.54, 1.807) is 6.20 Å². The summed E-state index contributed by atoms with van der Waals surface area (Å²) < 4.78 is 0. The lowest BCUT2D eigenvalue weighted by Crippen LogP contribution is -1.97. The first-order chi connectivity index (χ1) is 8.83. The standard InChI is InChI=1S/C15H13N3/c1-11-8-12(6-7-16-11)9-15-14-5-3-2-4-13(14)10-17-18-15/h2-8,10H,9H2,1H3. The third-order valence-corrected chi connectivity index (χ3v) is 2.98. The number of pyridine rings is 1. The van der Waals surface area contributed by atoms with E-state index in [9.17, 15) is 0 Å². The minimum Gasteiger partial charge on any atom is -0.262 e. The third-order valence-electron chi connectivity index (χ3n) is 2.98. The van der Waals surface area contributed by atoms with Gasteiger partial charge < -0.3 is 0 Å². The molecule has 2 heterocycles. The van der Waals surface area contributed by atoms with Gasteiger partial charge in [-0.2, -0.15) is 10.2 Å². The van der Waals surface area contributed by atoms with E-state index in [0.29, 0.717) is 0 Å². The van der Waals surface area contributed by atoms with Gasteiger partial charge in [0, 0.05) is 29.1 Å². The van der Waals surface area contributed by atoms with Crippen molar-refractivity contribution < 1.29 is 0 Å². The van der Waals surface area contributed by atoms with Gasteiger partial charge in [-0.15, -0.1) is 0 Å². The van der Waals surface area contributed by atoms with Crippen LogP contribution in [0.2, 0.25) is 0 Å². The van der Waals surface area contributed by atoms with E-state index < -0.39 is 0 Å². The Morgan fingerprint density at radius 3 is 2.89 bits per heavy atom. The summed E-state index contributed by atoms with van der Waals surface area (Å²) in [7, 11) is 0. The van der Waals surface area contributed by atoms with Gasteiger partial charge in [-0.05, 0) is 24.6 Å². The van der Waals surface area contributed by atoms with Gasteiger partial charge in [0.25, 0.3) is 0 Å². The summed E-state index contributed by atoms with van der Waals surface area (Å²) in [5, 5.41) is 10.6. The number of benzene rings is 1. The smallest absolute Gasteiger partial charge is 0.0753 e. The van der Waals surface area contributed by atoms with Gasteiger partial charge in [0.1, 0.15) is 0 Å². The van der Waals surface area contributed by atoms with Crippen LogP contribution in [0.5, 0.6) is 0 Å². The summed E-state index contributed by atoms with van der Waals surface area (Å²) in [5.74, 6) is 0. The largest absolute Gasteiger partial charge is 0.262 e. The van der Waals surface area contributed by atoms with Crippen molar-refractivity contribution in [2.75, 3.05) is 0 Å². The highest BCUT2D eigenvalue weighted by Gasteiger charge is 2.04. The average molecular weight is 235 g/mol. The fourth-order valence-electron chi connectivity index (χ4n) is 2.13. The predicted octanol–water partition coefficient (Wildman–Crippen LogP) is 2.92. The van der Waals surface area contributed by atoms with E-state index in [1.807, 2.05) is 31.3 Å². The molecule has 88 valence electrons. The second kappa shape index (κ2) is 4.53. The first-order valence-corrected chi connectivity index (χ1v) is 5.94. The molecule has 3 aromatic rings. The summed E-state index contributed by atoms with van der Waals surface area (Å²) in [6.45, 7) is 2.00. The zero-order chi connectivity index (χ0) is 12.4. The molecule has 0 bridgehead atoms. The Balaban J connectivity index is 2.05. The Morgan fingerprint density at radius 1 is 1.11 bits per heavy atom. The van der Waals surface area contributed by atoms with Crippen LogP contribution in [-0.2, 0) is 6.42 Å². The van der Waals surface area contributed by atoms with Crippen molar-refractivity contribution in [2.24, 2.45) is 0 Å². The molecule has 18 heavy (non-hydrogen) atoms. The fourth-order valence-corrected chi connectivity index (χ4v) is 2.13. The molecule has 0 atom stereocenters. The summed E-state index contributed by atoms with van der Waals surface area (Å²) in [6, 6.07) is 12.3. The van der Waals surface area contributed by atoms with E-state index in [-0.39, 0.29) is 0 Å². The molecule has 3 rings (SSSR count). The van der Waals surface area contributed by atoms with E-state index in [2.05, 4.69) is 33.4 Å². The van der Waals surface area contributed by atoms with Gasteiger partial charge >= 0.3 is 0 Å². The number of hydrogen-bond acceptors (Lipinski definition) is 3. The van der Waals surface area contributed by atoms with Gasteiger partial charge in [-0.1, -0.05) is 24.3 Å². The van der Waals surface area contributed by atoms with Gasteiger partial charge in [-0.25, -0.2) is 0 Å². The monoisotopic (exact) mass is 235 g/mol. The van der Waals surface area contributed by atoms with E-state index in [1.165, 1.54) is 10.9 Å². The van der Waals surface area contributed by atoms with Crippen LogP contribution < -0.4 is 0 Å². The molecule has 2 aromatic heterocycles. The van der Waals surface area contributed by atoms with Crippen LogP contribution in [0.4, 0.5) is 0 Å². The Labute approximate surface area is 106 Å². The average Bonchev–Trinajstić information content (AvgIpc) is 2.39. The van der Waals surface area contributed by atoms with Gasteiger partial charge in [0.15, 0.2) is 0 Å². The summed E-state index contributed by atoms with van der Waals surface area (Å²) in [5.41, 5.74) is 3.26. The quantitative estimate of drug-likeness (QED) is 0.685. The van der Waals surface area contributed by atoms with Crippen molar-refractivity contribution in [3.05, 3.63) is 65.7 Å². The predicted molar refractivity (Wildman–Crippen MR) is 71.3 cm³/mol. The molecule has 0 aliphatic rings. The Bertz CT molecular complexity index is 687. The lowest BCUT2D eigenvalue weighted by Gasteiger charge is -2.05. The molecule has 0 saturated heterocycles. The molecule has 3 nitrogen and oxygen atoms in total. The molecule has 0 radical (unpaired) electrons. The first-order valence-electron chi connectivity index (χ1n) is 5.94. The molecular weight excluding hydrogens is 222 g/mol. The molecule has 0 amide bonds. The van der Waals surface area contributed by atoms with Crippen molar-refractivity contribution in [2.45, 2.75) is 13.3 Å². The Kier molecular flexibility index (Phi) is 2.73. The zero-order valence-corrected chi connectivity index (χ0v) is 10.2. The van der Waals surface area contributed by atoms with Crippen molar-refractivity contribution in [1.29, 1.82) is 0 Å². The van der Waals surface area contributed by atoms with Crippen LogP contribution in [0.3, 0.4) is 0 Å². The number of fused-ring (bicyclic) bond motifs is 1. The van der Waals surface area contributed by atoms with E-state index >= 15 is 0 Å². The molecule has 0 aliphatic heterocycles. The van der Waals surface area contributed by atoms with Crippen LogP contribution in [0, 0.1) is 6.92 Å². The Morgan fingerprint density at radius 2 is 2.00 bits per heavy atom. The first kappa shape index (κ1) is 10.8. The van der Waals surface area contributed by atoms with Gasteiger partial charge in [-0.3, -0.25) is 4.98 Å². The molecular formula is C15H13N3. The van der Waals surface area contributed by atoms with Crippen molar-refractivity contribution in [3.8, 4) is 0 Å². The second-order valence-corrected chi connectivity index (χ2v) is 4.36. The van der Waals surface area contributed by atoms with E-state index in [4.69, 9.17) is 0 Å². The molecule has 0 spiro atoms. The van der Waals surface area contributed by atoms with Crippen LogP contribution in [0.25, 0.3) is 10.8 Å². The van der Waals surface area contributed by atoms with Crippen LogP contribution >= 0.6 is 0 Å². The minimum absolute atomic E-state index is 0.789. The van der Waals surface area contributed by atoms with Crippen LogP contribution in [0.1, 0.15) is 17.0 Å². The zero-order valence-electron chi connectivity index (χ0n) is 10.2. The maximum atomic E-state index is 4.26. The van der Waals surface area contributed by atoms with E-state index in [0.717, 1.165) is 23.2 Å². The molecule has 0 saturated carbocycles. The second-order valence-electron chi connectivity index (χ2n) is 4.36. The number of aromatic nitrogens is 3. The van der Waals surface area contributed by atoms with Crippen molar-refractivity contribution in [1.82, 2.24) is 15.2 Å². The maximum absolute atomic E-state index is 4.26. The molecule has 0 aliphatic carbocycles. The molecule has 1 aromatic carbocycles. The highest BCUT2D eigenvalue weighted by molar-refractivity contribution is 5.83. The summed E-state index contributed by atoms with van der Waals surface area (Å²) in [4.78, 5) is 4.21. The van der Waals surface area contributed by atoms with Gasteiger partial charge in [0.2, 0.25) is 0 Å². The summed E-state index contributed by atoms with van der Waals surface area (Å²) in [6.07, 6.45) is 4.43. The topological polar surface area (TPSA) is 38.7 Å². The minimum atomic E-state index is 0.789. The van der Waals surface area contributed by atoms with Gasteiger partial charge in [0.05, 0.1) is 11.9 Å². The number of aryl methyl sites for hydroxylation is 1. The van der Waals surface area contributed by atoms with Crippen LogP contribution in [0.15, 0.2) is 48.8 Å². The van der Waals surface area contributed by atoms with Crippen molar-refractivity contribution >= 4 is 10.8 Å². The SMILES string of the molecule is Cc1cc(Cc2nncc3ccccc23)ccn1. The normalized spacial score (nSPS) is 10.7. The number of hydrogen-bond donors (Lipinski definition) is 0. The fraction of sp³-hybridized carbons (Fsp3) is 0.133. The highest BCUT2D eigenvalue weighted by Crippen LogP contribution is 2.18. The van der Waals surface area contributed by atoms with Crippen molar-refractivity contribution in [3.63, 3.8) is 0 Å². The lowest BCUT2D eigenvalue weighted by atomic mass is 10.1.